The number of aldehydes is 2. The summed E-state index contributed by atoms with van der Waals surface area (Å²) in [6.45, 7) is 36.6. The van der Waals surface area contributed by atoms with Crippen molar-refractivity contribution in [3.05, 3.63) is 147 Å². The molecular formula is C85H129BClF11LiN5O25S2-. The van der Waals surface area contributed by atoms with Gasteiger partial charge in [-0.1, -0.05) is 28.7 Å². The molecule has 3 radical (unpaired) electrons. The largest absolute Gasteiger partial charge is 1.00 e. The van der Waals surface area contributed by atoms with Gasteiger partial charge in [0, 0.05) is 70.0 Å². The van der Waals surface area contributed by atoms with E-state index in [1.54, 1.807) is 145 Å². The maximum atomic E-state index is 14.0. The summed E-state index contributed by atoms with van der Waals surface area (Å²) in [5.41, 5.74) is -3.80. The van der Waals surface area contributed by atoms with Crippen LogP contribution in [0.15, 0.2) is 60.7 Å². The van der Waals surface area contributed by atoms with Crippen molar-refractivity contribution < 1.29 is 189 Å². The molecule has 131 heavy (non-hydrogen) atoms. The fourth-order valence-corrected chi connectivity index (χ4v) is 10.7. The van der Waals surface area contributed by atoms with E-state index in [0.29, 0.717) is 41.8 Å². The van der Waals surface area contributed by atoms with E-state index in [9.17, 15) is 98.7 Å². The Morgan fingerprint density at radius 1 is 0.550 bits per heavy atom. The molecule has 2 aliphatic heterocycles. The van der Waals surface area contributed by atoms with Gasteiger partial charge in [-0.2, -0.15) is 21.1 Å². The smallest absolute Gasteiger partial charge is 1.00 e. The number of hydrogen-bond acceptors (Lipinski definition) is 25. The molecule has 6 N–H and O–H groups in total. The molecule has 0 spiro atoms. The van der Waals surface area contributed by atoms with Crippen molar-refractivity contribution in [2.75, 3.05) is 59.7 Å². The van der Waals surface area contributed by atoms with Gasteiger partial charge in [0.05, 0.1) is 81.8 Å². The number of hydrogen-bond donors (Lipinski definition) is 6. The summed E-state index contributed by atoms with van der Waals surface area (Å²) in [4.78, 5) is 78.7. The van der Waals surface area contributed by atoms with Crippen LogP contribution in [0.1, 0.15) is 223 Å². The maximum Gasteiger partial charge on any atom is 1.00 e. The van der Waals surface area contributed by atoms with Gasteiger partial charge < -0.3 is 81.7 Å². The van der Waals surface area contributed by atoms with Crippen molar-refractivity contribution in [3.8, 4) is 28.7 Å². The number of rotatable bonds is 23. The number of carbonyl (C=O) groups excluding carboxylic acids is 7. The van der Waals surface area contributed by atoms with Crippen molar-refractivity contribution in [2.45, 2.75) is 257 Å². The average molecular weight is 1950 g/mol. The molecule has 7 rings (SSSR count). The standard InChI is InChI=1S/C16H23F2NO6S.C15H20ClF2NO3.C15H21F2NO4.C15H19F2NO4.C8H15NO5S.C7H4F2O2.C4H8O.C2H6.CH3F.2CH4.B.Li.2H/c1-10(19-15(20)25-16(2,3)4)8-23-14-11(9-24-26(5,21)22)6-12(17)7-13(14)18;1-9(19-14(20)22-15(2,3)4)8-21-13-10(7-16)5-11(17)6-12(13)18;2*1-9(18-14(20)22-15(2,3)4)8-21-13-10(7-19)5-11(16)6-12(13)17;1-6-5-13-15(11,12)9(6)7(10)14-8(2,3)4;8-5-1-4(3-10)7(11)6(9)2-5;1-2-4-5-3-1;2*1-2;;;;;;/h6-7,10H,8-9H2,1-5H3,(H,19,20);5-6,9H,7-8H2,1-4H3,(H,19,20);5-6,9,19H,7-8H2,1-4H3,(H,18,20);5-7,9H,8H2,1-4H3,(H,18,20);6H,5H2,1-4H3;1-3,11H;1-4H2;1-2H3;1H3;2*1H4;;;;/q;;;;;;;;;;;;+1;2*-1/t10-;3*9-;6-;;;;;;;;;;/m11111........../s1/i;;;;;;;2*1D;;;;;1+1;. The SMILES string of the molecule is C.C.C1CCOC1.C[C@@H]1COS(=O)(=O)N1C(=O)OC(C)(C)C.C[C@H](COc1c(F)cc(F)cc1C=O)NC(=O)OC(C)(C)C.C[C@H](COc1c(F)cc(F)cc1CCl)NC(=O)OC(C)(C)C.C[C@H](COc1c(F)cc(F)cc1CO)NC(=O)OC(C)(C)C.C[C@H](COc1c(F)cc(F)cc1COS(C)(=O)=O)NC(=O)OC(C)(C)C.O=Cc1cc(F)cc(F)c1O.[2H-].[2H]CC.[2H]CF.[B].[H-].[Li+]. The predicted molar refractivity (Wildman–Crippen MR) is 469 cm³/mol. The van der Waals surface area contributed by atoms with Crippen molar-refractivity contribution in [1.82, 2.24) is 25.6 Å². The van der Waals surface area contributed by atoms with E-state index in [-0.39, 0.29) is 141 Å². The van der Waals surface area contributed by atoms with Gasteiger partial charge in [0.1, 0.15) is 83.5 Å². The van der Waals surface area contributed by atoms with E-state index >= 15 is 0 Å². The van der Waals surface area contributed by atoms with Gasteiger partial charge in [-0.15, -0.1) is 11.6 Å². The van der Waals surface area contributed by atoms with E-state index in [4.69, 9.17) is 71.9 Å². The minimum atomic E-state index is -3.95. The third-order valence-corrected chi connectivity index (χ3v) is 16.1. The number of aliphatic hydroxyl groups is 1. The number of nitrogens with zero attached hydrogens (tertiary/aromatic N) is 1. The topological polar surface area (TPSA) is 390 Å². The molecule has 46 heteroatoms. The Morgan fingerprint density at radius 2 is 0.832 bits per heavy atom. The number of aliphatic hydroxyl groups excluding tert-OH is 1. The van der Waals surface area contributed by atoms with Gasteiger partial charge in [-0.3, -0.25) is 22.3 Å². The van der Waals surface area contributed by atoms with Gasteiger partial charge in [-0.25, -0.2) is 67.9 Å². The zero-order valence-electron chi connectivity index (χ0n) is 80.4. The van der Waals surface area contributed by atoms with E-state index in [1.165, 1.54) is 12.8 Å². The number of phenols is 1. The Kier molecular flexibility index (Phi) is 61.6. The number of phenolic OH excluding ortho intramolecular Hbond substituents is 1. The molecule has 5 amide bonds. The number of ether oxygens (including phenoxy) is 10. The van der Waals surface area contributed by atoms with Crippen LogP contribution in [0.3, 0.4) is 0 Å². The zero-order valence-corrected chi connectivity index (χ0v) is 78.8. The van der Waals surface area contributed by atoms with Crippen LogP contribution in [-0.4, -0.2) is 201 Å². The quantitative estimate of drug-likeness (QED) is 0.00883. The molecule has 0 unspecified atom stereocenters. The number of alkyl halides is 2. The summed E-state index contributed by atoms with van der Waals surface area (Å²) in [5, 5.41) is 27.9. The van der Waals surface area contributed by atoms with Crippen molar-refractivity contribution >= 4 is 83.5 Å². The van der Waals surface area contributed by atoms with Crippen LogP contribution in [0.4, 0.5) is 72.3 Å². The molecule has 5 aromatic carbocycles. The number of benzene rings is 5. The van der Waals surface area contributed by atoms with E-state index in [1.807, 2.05) is 0 Å². The first kappa shape index (κ1) is 128. The van der Waals surface area contributed by atoms with Gasteiger partial charge >= 0.3 is 59.6 Å². The molecule has 2 heterocycles. The second-order valence-corrected chi connectivity index (χ2v) is 35.3. The summed E-state index contributed by atoms with van der Waals surface area (Å²) >= 11 is 5.65. The number of nitrogens with one attached hydrogen (secondary N) is 4. The number of aromatic hydroxyl groups is 1. The summed E-state index contributed by atoms with van der Waals surface area (Å²) in [6.07, 6.45) is 0.428. The second kappa shape index (κ2) is 63.0. The Labute approximate surface area is 786 Å². The van der Waals surface area contributed by atoms with Gasteiger partial charge in [-0.05, 0) is 182 Å². The minimum absolute atomic E-state index is 0. The van der Waals surface area contributed by atoms with E-state index in [2.05, 4.69) is 29.6 Å². The molecule has 2 saturated heterocycles. The van der Waals surface area contributed by atoms with Crippen LogP contribution in [0.5, 0.6) is 28.7 Å². The Balaban J connectivity index is -0.000000234. The number of amides is 5. The van der Waals surface area contributed by atoms with Crippen molar-refractivity contribution in [3.63, 3.8) is 0 Å². The van der Waals surface area contributed by atoms with Gasteiger partial charge in [0.15, 0.2) is 70.4 Å². The van der Waals surface area contributed by atoms with Gasteiger partial charge in [0.2, 0.25) is 0 Å². The molecule has 0 saturated carbocycles. The molecule has 2 aliphatic rings. The predicted octanol–water partition coefficient (Wildman–Crippen LogP) is 15.4. The molecule has 5 aromatic rings. The van der Waals surface area contributed by atoms with Crippen LogP contribution in [-0.2, 0) is 76.3 Å². The molecule has 745 valence electrons. The van der Waals surface area contributed by atoms with E-state index < -0.39 is 193 Å². The molecule has 0 bridgehead atoms. The molecular weight excluding hydrogens is 1820 g/mol. The van der Waals surface area contributed by atoms with Crippen LogP contribution < -0.4 is 59.1 Å². The fraction of sp³-hybridized carbons (Fsp3) is 0.565. The Morgan fingerprint density at radius 3 is 1.11 bits per heavy atom. The fourth-order valence-electron chi connectivity index (χ4n) is 8.97. The van der Waals surface area contributed by atoms with Crippen molar-refractivity contribution in [1.29, 1.82) is 0 Å². The summed E-state index contributed by atoms with van der Waals surface area (Å²) in [7, 11) is -8.75. The van der Waals surface area contributed by atoms with Crippen LogP contribution in [0.2, 0.25) is 0 Å². The molecule has 0 aliphatic carbocycles. The molecule has 2 fully saturated rings. The first-order valence-corrected chi connectivity index (χ1v) is 42.1. The number of carbonyl (C=O) groups is 7. The minimum Gasteiger partial charge on any atom is -1.00 e. The third kappa shape index (κ3) is 58.4. The average Bonchev–Trinajstić information content (AvgIpc) is 1.66. The molecule has 0 aromatic heterocycles. The van der Waals surface area contributed by atoms with Crippen LogP contribution in [0, 0.1) is 58.2 Å². The van der Waals surface area contributed by atoms with Crippen LogP contribution >= 0.6 is 11.6 Å². The number of alkyl carbamates (subject to hydrolysis) is 4. The van der Waals surface area contributed by atoms with E-state index in [0.717, 1.165) is 55.9 Å². The molecule has 30 nitrogen and oxygen atoms in total. The van der Waals surface area contributed by atoms with Crippen LogP contribution in [0.25, 0.3) is 0 Å². The normalized spacial score (nSPS) is 13.9. The summed E-state index contributed by atoms with van der Waals surface area (Å²) in [6, 6.07) is 5.27. The third-order valence-electron chi connectivity index (χ3n) is 13.8. The monoisotopic (exact) mass is 1950 g/mol. The maximum absolute atomic E-state index is 14.0. The zero-order chi connectivity index (χ0) is 100. The second-order valence-electron chi connectivity index (χ2n) is 31.9. The first-order valence-electron chi connectivity index (χ1n) is 39.8. The first-order chi connectivity index (χ1) is 59.2. The van der Waals surface area contributed by atoms with Crippen molar-refractivity contribution in [2.24, 2.45) is 0 Å². The summed E-state index contributed by atoms with van der Waals surface area (Å²) in [5.74, 6) is -11.0. The van der Waals surface area contributed by atoms with Gasteiger partial charge in [0.25, 0.3) is 10.1 Å². The summed E-state index contributed by atoms with van der Waals surface area (Å²) < 4.78 is 259. The molecule has 5 atom stereocenters. The number of halogens is 12. The Hall–Kier alpha value is -9.29. The Bertz CT molecular complexity index is 4510.